The average Bonchev–Trinajstić information content (AvgIpc) is 1.85. The number of allylic oxidation sites excluding steroid dienone is 1. The van der Waals surface area contributed by atoms with Crippen molar-refractivity contribution in [1.82, 2.24) is 0 Å². The molecule has 0 aromatic heterocycles. The van der Waals surface area contributed by atoms with E-state index < -0.39 is 5.97 Å². The Bertz CT molecular complexity index is 151. The summed E-state index contributed by atoms with van der Waals surface area (Å²) in [7, 11) is 0. The second-order valence-electron chi connectivity index (χ2n) is 1.50. The first-order chi connectivity index (χ1) is 3.70. The van der Waals surface area contributed by atoms with E-state index in [1.807, 2.05) is 0 Å². The number of cyclic esters (lactones) is 1. The maximum atomic E-state index is 10.3. The van der Waals surface area contributed by atoms with Gasteiger partial charge in [-0.25, -0.2) is 0 Å². The van der Waals surface area contributed by atoms with Crippen LogP contribution in [0.25, 0.3) is 0 Å². The van der Waals surface area contributed by atoms with E-state index in [9.17, 15) is 9.59 Å². The number of hydrogen-bond donors (Lipinski definition) is 0. The molecule has 0 bridgehead atoms. The second kappa shape index (κ2) is 1.43. The van der Waals surface area contributed by atoms with Crippen LogP contribution in [0.2, 0.25) is 0 Å². The van der Waals surface area contributed by atoms with Crippen molar-refractivity contribution in [1.29, 1.82) is 0 Å². The molecule has 0 aromatic rings. The molecular formula is C5H4O3. The van der Waals surface area contributed by atoms with Crippen LogP contribution in [0.1, 0.15) is 6.42 Å². The van der Waals surface area contributed by atoms with Crippen LogP contribution in [-0.4, -0.2) is 11.8 Å². The van der Waals surface area contributed by atoms with Crippen molar-refractivity contribution in [3.05, 3.63) is 12.3 Å². The quantitative estimate of drug-likeness (QED) is 0.252. The molecule has 0 unspecified atom stereocenters. The maximum absolute atomic E-state index is 10.3. The molecule has 0 N–H and O–H groups in total. The zero-order valence-corrected chi connectivity index (χ0v) is 4.14. The Hall–Kier alpha value is -1.12. The van der Waals surface area contributed by atoms with Crippen molar-refractivity contribution in [3.63, 3.8) is 0 Å². The fourth-order valence-electron chi connectivity index (χ4n) is 0.460. The Morgan fingerprint density at radius 1 is 1.50 bits per heavy atom. The van der Waals surface area contributed by atoms with E-state index in [0.29, 0.717) is 0 Å². The number of rotatable bonds is 0. The van der Waals surface area contributed by atoms with E-state index in [-0.39, 0.29) is 18.0 Å². The Labute approximate surface area is 45.9 Å². The molecule has 42 valence electrons. The molecule has 0 spiro atoms. The van der Waals surface area contributed by atoms with E-state index in [2.05, 4.69) is 11.3 Å². The van der Waals surface area contributed by atoms with Gasteiger partial charge in [0.1, 0.15) is 6.42 Å². The molecule has 0 amide bonds. The number of hydrogen-bond acceptors (Lipinski definition) is 3. The van der Waals surface area contributed by atoms with Gasteiger partial charge in [-0.2, -0.15) is 0 Å². The van der Waals surface area contributed by atoms with Crippen LogP contribution >= 0.6 is 0 Å². The molecule has 0 aliphatic carbocycles. The lowest BCUT2D eigenvalue weighted by Gasteiger charge is -1.84. The molecular weight excluding hydrogens is 108 g/mol. The molecule has 0 radical (unpaired) electrons. The SMILES string of the molecule is C=C1OC(=O)CC1=O. The van der Waals surface area contributed by atoms with Gasteiger partial charge in [0, 0.05) is 0 Å². The second-order valence-corrected chi connectivity index (χ2v) is 1.50. The van der Waals surface area contributed by atoms with E-state index in [0.717, 1.165) is 0 Å². The molecule has 0 atom stereocenters. The molecule has 1 aliphatic heterocycles. The van der Waals surface area contributed by atoms with Crippen LogP contribution in [0.5, 0.6) is 0 Å². The number of ketones is 1. The highest BCUT2D eigenvalue weighted by molar-refractivity contribution is 6.10. The van der Waals surface area contributed by atoms with Crippen LogP contribution in [-0.2, 0) is 14.3 Å². The predicted molar refractivity (Wildman–Crippen MR) is 24.9 cm³/mol. The topological polar surface area (TPSA) is 43.4 Å². The minimum absolute atomic E-state index is 0.0324. The van der Waals surface area contributed by atoms with Gasteiger partial charge in [0.25, 0.3) is 0 Å². The Morgan fingerprint density at radius 3 is 2.25 bits per heavy atom. The molecule has 0 aromatic carbocycles. The van der Waals surface area contributed by atoms with E-state index >= 15 is 0 Å². The lowest BCUT2D eigenvalue weighted by molar-refractivity contribution is -0.135. The standard InChI is InChI=1S/C5H4O3/c1-3-4(6)2-5(7)8-3/h1-2H2. The summed E-state index contributed by atoms with van der Waals surface area (Å²) in [6.45, 7) is 3.19. The van der Waals surface area contributed by atoms with Crippen molar-refractivity contribution >= 4 is 11.8 Å². The summed E-state index contributed by atoms with van der Waals surface area (Å²) in [5.74, 6) is -0.843. The summed E-state index contributed by atoms with van der Waals surface area (Å²) in [5.41, 5.74) is 0. The van der Waals surface area contributed by atoms with Gasteiger partial charge < -0.3 is 4.74 Å². The largest absolute Gasteiger partial charge is 0.423 e. The first-order valence-corrected chi connectivity index (χ1v) is 2.13. The van der Waals surface area contributed by atoms with Crippen LogP contribution in [0.4, 0.5) is 0 Å². The predicted octanol–water partition coefficient (Wildman–Crippen LogP) is 0.0161. The van der Waals surface area contributed by atoms with Gasteiger partial charge in [-0.1, -0.05) is 6.58 Å². The number of ether oxygens (including phenoxy) is 1. The normalized spacial score (nSPS) is 19.2. The molecule has 1 heterocycles. The molecule has 1 fully saturated rings. The molecule has 8 heavy (non-hydrogen) atoms. The van der Waals surface area contributed by atoms with Gasteiger partial charge in [-0.05, 0) is 0 Å². The lowest BCUT2D eigenvalue weighted by atomic mass is 10.3. The molecule has 3 nitrogen and oxygen atoms in total. The van der Waals surface area contributed by atoms with Crippen molar-refractivity contribution < 1.29 is 14.3 Å². The van der Waals surface area contributed by atoms with Crippen LogP contribution < -0.4 is 0 Å². The highest BCUT2D eigenvalue weighted by Crippen LogP contribution is 2.09. The van der Waals surface area contributed by atoms with Crippen LogP contribution in [0, 0.1) is 0 Å². The van der Waals surface area contributed by atoms with Crippen LogP contribution in [0.15, 0.2) is 12.3 Å². The Balaban J connectivity index is 2.79. The summed E-state index contributed by atoms with van der Waals surface area (Å²) >= 11 is 0. The van der Waals surface area contributed by atoms with Gasteiger partial charge in [-0.15, -0.1) is 0 Å². The molecule has 3 heteroatoms. The molecule has 1 rings (SSSR count). The minimum Gasteiger partial charge on any atom is -0.423 e. The summed E-state index contributed by atoms with van der Waals surface area (Å²) in [5, 5.41) is 0. The monoisotopic (exact) mass is 112 g/mol. The van der Waals surface area contributed by atoms with Crippen molar-refractivity contribution in [2.75, 3.05) is 0 Å². The third kappa shape index (κ3) is 0.621. The number of esters is 1. The summed E-state index contributed by atoms with van der Waals surface area (Å²) in [4.78, 5) is 20.5. The van der Waals surface area contributed by atoms with Gasteiger partial charge >= 0.3 is 5.97 Å². The first kappa shape index (κ1) is 5.03. The van der Waals surface area contributed by atoms with Crippen LogP contribution in [0.3, 0.4) is 0 Å². The molecule has 1 aliphatic rings. The fraction of sp³-hybridized carbons (Fsp3) is 0.200. The maximum Gasteiger partial charge on any atom is 0.319 e. The zero-order valence-electron chi connectivity index (χ0n) is 4.14. The van der Waals surface area contributed by atoms with Gasteiger partial charge in [0.05, 0.1) is 0 Å². The third-order valence-electron chi connectivity index (χ3n) is 0.853. The van der Waals surface area contributed by atoms with Crippen molar-refractivity contribution in [2.45, 2.75) is 6.42 Å². The minimum atomic E-state index is -0.500. The van der Waals surface area contributed by atoms with E-state index in [1.54, 1.807) is 0 Å². The molecule has 1 saturated heterocycles. The zero-order chi connectivity index (χ0) is 6.15. The fourth-order valence-corrected chi connectivity index (χ4v) is 0.460. The highest BCUT2D eigenvalue weighted by Gasteiger charge is 2.24. The number of carbonyl (C=O) groups is 2. The number of Topliss-reactive ketones (excluding diaryl/α,β-unsaturated/α-hetero) is 1. The summed E-state index contributed by atoms with van der Waals surface area (Å²) in [6, 6.07) is 0. The number of carbonyl (C=O) groups excluding carboxylic acids is 2. The third-order valence-corrected chi connectivity index (χ3v) is 0.853. The summed E-state index contributed by atoms with van der Waals surface area (Å²) < 4.78 is 4.29. The van der Waals surface area contributed by atoms with Gasteiger partial charge in [0.2, 0.25) is 5.78 Å². The van der Waals surface area contributed by atoms with E-state index in [1.165, 1.54) is 0 Å². The average molecular weight is 112 g/mol. The van der Waals surface area contributed by atoms with Crippen molar-refractivity contribution in [3.8, 4) is 0 Å². The molecule has 0 saturated carbocycles. The van der Waals surface area contributed by atoms with Gasteiger partial charge in [-0.3, -0.25) is 9.59 Å². The smallest absolute Gasteiger partial charge is 0.319 e. The van der Waals surface area contributed by atoms with Gasteiger partial charge in [0.15, 0.2) is 5.76 Å². The van der Waals surface area contributed by atoms with Crippen molar-refractivity contribution in [2.24, 2.45) is 0 Å². The Morgan fingerprint density at radius 2 is 2.12 bits per heavy atom. The highest BCUT2D eigenvalue weighted by atomic mass is 16.5. The summed E-state index contributed by atoms with van der Waals surface area (Å²) in [6.07, 6.45) is -0.140. The lowest BCUT2D eigenvalue weighted by Crippen LogP contribution is -1.90. The Kier molecular flexibility index (Phi) is 0.901. The first-order valence-electron chi connectivity index (χ1n) is 2.13. The van der Waals surface area contributed by atoms with E-state index in [4.69, 9.17) is 0 Å².